The van der Waals surface area contributed by atoms with Crippen LogP contribution in [0.15, 0.2) is 24.3 Å². The molecule has 0 fully saturated rings. The van der Waals surface area contributed by atoms with Crippen molar-refractivity contribution in [1.82, 2.24) is 0 Å². The average molecular weight is 207 g/mol. The number of rotatable bonds is 5. The van der Waals surface area contributed by atoms with Crippen LogP contribution in [0.25, 0.3) is 0 Å². The van der Waals surface area contributed by atoms with Crippen LogP contribution in [0.4, 0.5) is 0 Å². The lowest BCUT2D eigenvalue weighted by atomic mass is 9.94. The summed E-state index contributed by atoms with van der Waals surface area (Å²) in [6.07, 6.45) is 1.15. The van der Waals surface area contributed by atoms with Gasteiger partial charge in [0.1, 0.15) is 0 Å². The van der Waals surface area contributed by atoms with Crippen LogP contribution in [-0.4, -0.2) is 18.3 Å². The maximum Gasteiger partial charge on any atom is 0.0511 e. The number of nitrogens with two attached hydrogens (primary N) is 1. The van der Waals surface area contributed by atoms with Gasteiger partial charge in [-0.1, -0.05) is 38.1 Å². The minimum atomic E-state index is 0.0796. The van der Waals surface area contributed by atoms with Gasteiger partial charge >= 0.3 is 0 Å². The molecule has 2 atom stereocenters. The minimum absolute atomic E-state index is 0.0796. The van der Waals surface area contributed by atoms with Gasteiger partial charge in [-0.15, -0.1) is 0 Å². The van der Waals surface area contributed by atoms with Crippen molar-refractivity contribution in [2.75, 3.05) is 13.2 Å². The fourth-order valence-corrected chi connectivity index (χ4v) is 1.65. The van der Waals surface area contributed by atoms with E-state index in [0.717, 1.165) is 12.0 Å². The van der Waals surface area contributed by atoms with E-state index in [1.807, 2.05) is 0 Å². The molecule has 2 nitrogen and oxygen atoms in total. The predicted octanol–water partition coefficient (Wildman–Crippen LogP) is 2.23. The lowest BCUT2D eigenvalue weighted by Crippen LogP contribution is -2.15. The van der Waals surface area contributed by atoms with Crippen LogP contribution in [0.2, 0.25) is 0 Å². The lowest BCUT2D eigenvalue weighted by molar-refractivity contribution is 0.268. The predicted molar refractivity (Wildman–Crippen MR) is 64.0 cm³/mol. The molecule has 0 bridgehead atoms. The maximum atomic E-state index is 9.12. The second-order valence-electron chi connectivity index (χ2n) is 4.09. The smallest absolute Gasteiger partial charge is 0.0511 e. The van der Waals surface area contributed by atoms with E-state index in [4.69, 9.17) is 10.8 Å². The van der Waals surface area contributed by atoms with Crippen LogP contribution < -0.4 is 5.73 Å². The van der Waals surface area contributed by atoms with Gasteiger partial charge in [-0.3, -0.25) is 0 Å². The van der Waals surface area contributed by atoms with Gasteiger partial charge in [0.15, 0.2) is 0 Å². The summed E-state index contributed by atoms with van der Waals surface area (Å²) in [5.41, 5.74) is 8.07. The van der Waals surface area contributed by atoms with Gasteiger partial charge in [0, 0.05) is 12.5 Å². The van der Waals surface area contributed by atoms with Gasteiger partial charge in [-0.05, 0) is 23.5 Å². The Morgan fingerprint density at radius 1 is 1.20 bits per heavy atom. The first kappa shape index (κ1) is 12.2. The average Bonchev–Trinajstić information content (AvgIpc) is 2.30. The Morgan fingerprint density at radius 3 is 2.13 bits per heavy atom. The molecular weight excluding hydrogens is 186 g/mol. The van der Waals surface area contributed by atoms with Gasteiger partial charge in [0.25, 0.3) is 0 Å². The van der Waals surface area contributed by atoms with E-state index in [9.17, 15) is 0 Å². The molecule has 0 aromatic heterocycles. The SMILES string of the molecule is CCC(C)c1ccc(C(CN)CO)cc1. The topological polar surface area (TPSA) is 46.2 Å². The Kier molecular flexibility index (Phi) is 4.79. The summed E-state index contributed by atoms with van der Waals surface area (Å²) < 4.78 is 0. The number of benzene rings is 1. The zero-order valence-corrected chi connectivity index (χ0v) is 9.61. The summed E-state index contributed by atoms with van der Waals surface area (Å²) in [5.74, 6) is 0.681. The molecule has 2 unspecified atom stereocenters. The molecule has 2 heteroatoms. The lowest BCUT2D eigenvalue weighted by Gasteiger charge is -2.14. The highest BCUT2D eigenvalue weighted by molar-refractivity contribution is 5.27. The van der Waals surface area contributed by atoms with Gasteiger partial charge in [-0.25, -0.2) is 0 Å². The standard InChI is InChI=1S/C13H21NO/c1-3-10(2)11-4-6-12(7-5-11)13(8-14)9-15/h4-7,10,13,15H,3,8-9,14H2,1-2H3. The van der Waals surface area contributed by atoms with Crippen molar-refractivity contribution in [3.05, 3.63) is 35.4 Å². The third-order valence-electron chi connectivity index (χ3n) is 3.09. The Bertz CT molecular complexity index is 277. The summed E-state index contributed by atoms with van der Waals surface area (Å²) >= 11 is 0. The summed E-state index contributed by atoms with van der Waals surface area (Å²) in [6.45, 7) is 5.04. The molecule has 15 heavy (non-hydrogen) atoms. The highest BCUT2D eigenvalue weighted by Crippen LogP contribution is 2.21. The zero-order chi connectivity index (χ0) is 11.3. The molecule has 0 aliphatic heterocycles. The Hall–Kier alpha value is -0.860. The highest BCUT2D eigenvalue weighted by Gasteiger charge is 2.09. The molecule has 0 radical (unpaired) electrons. The van der Waals surface area contributed by atoms with Crippen molar-refractivity contribution < 1.29 is 5.11 Å². The molecule has 1 rings (SSSR count). The van der Waals surface area contributed by atoms with E-state index in [-0.39, 0.29) is 12.5 Å². The molecule has 1 aromatic rings. The van der Waals surface area contributed by atoms with Crippen LogP contribution in [0.1, 0.15) is 43.2 Å². The molecule has 0 amide bonds. The Balaban J connectivity index is 2.79. The van der Waals surface area contributed by atoms with Crippen molar-refractivity contribution in [2.45, 2.75) is 32.1 Å². The van der Waals surface area contributed by atoms with E-state index in [1.165, 1.54) is 5.56 Å². The largest absolute Gasteiger partial charge is 0.396 e. The molecule has 0 saturated heterocycles. The number of aliphatic hydroxyl groups excluding tert-OH is 1. The van der Waals surface area contributed by atoms with E-state index < -0.39 is 0 Å². The fourth-order valence-electron chi connectivity index (χ4n) is 1.65. The molecule has 1 aromatic carbocycles. The fraction of sp³-hybridized carbons (Fsp3) is 0.538. The maximum absolute atomic E-state index is 9.12. The van der Waals surface area contributed by atoms with Crippen LogP contribution in [-0.2, 0) is 0 Å². The molecule has 0 aliphatic carbocycles. The van der Waals surface area contributed by atoms with Crippen molar-refractivity contribution in [3.63, 3.8) is 0 Å². The molecule has 0 aliphatic rings. The Labute approximate surface area is 92.1 Å². The first-order chi connectivity index (χ1) is 7.22. The summed E-state index contributed by atoms with van der Waals surface area (Å²) in [4.78, 5) is 0. The number of aliphatic hydroxyl groups is 1. The van der Waals surface area contributed by atoms with Gasteiger partial charge in [-0.2, -0.15) is 0 Å². The van der Waals surface area contributed by atoms with Gasteiger partial charge in [0.05, 0.1) is 6.61 Å². The summed E-state index contributed by atoms with van der Waals surface area (Å²) in [7, 11) is 0. The third kappa shape index (κ3) is 3.05. The van der Waals surface area contributed by atoms with E-state index in [2.05, 4.69) is 38.1 Å². The quantitative estimate of drug-likeness (QED) is 0.777. The van der Waals surface area contributed by atoms with Crippen LogP contribution in [0.3, 0.4) is 0 Å². The highest BCUT2D eigenvalue weighted by atomic mass is 16.3. The molecular formula is C13H21NO. The van der Waals surface area contributed by atoms with Crippen LogP contribution >= 0.6 is 0 Å². The molecule has 0 spiro atoms. The number of hydrogen-bond donors (Lipinski definition) is 2. The first-order valence-electron chi connectivity index (χ1n) is 5.63. The van der Waals surface area contributed by atoms with Gasteiger partial charge in [0.2, 0.25) is 0 Å². The summed E-state index contributed by atoms with van der Waals surface area (Å²) in [5, 5.41) is 9.12. The zero-order valence-electron chi connectivity index (χ0n) is 9.61. The number of hydrogen-bond acceptors (Lipinski definition) is 2. The molecule has 84 valence electrons. The first-order valence-corrected chi connectivity index (χ1v) is 5.63. The van der Waals surface area contributed by atoms with Gasteiger partial charge < -0.3 is 10.8 Å². The van der Waals surface area contributed by atoms with E-state index >= 15 is 0 Å². The second kappa shape index (κ2) is 5.89. The van der Waals surface area contributed by atoms with Crippen molar-refractivity contribution in [2.24, 2.45) is 5.73 Å². The van der Waals surface area contributed by atoms with Crippen LogP contribution in [0, 0.1) is 0 Å². The van der Waals surface area contributed by atoms with Crippen molar-refractivity contribution >= 4 is 0 Å². The third-order valence-corrected chi connectivity index (χ3v) is 3.09. The summed E-state index contributed by atoms with van der Waals surface area (Å²) in [6, 6.07) is 8.44. The monoisotopic (exact) mass is 207 g/mol. The molecule has 0 heterocycles. The van der Waals surface area contributed by atoms with Crippen molar-refractivity contribution in [1.29, 1.82) is 0 Å². The van der Waals surface area contributed by atoms with E-state index in [0.29, 0.717) is 12.5 Å². The van der Waals surface area contributed by atoms with Crippen molar-refractivity contribution in [3.8, 4) is 0 Å². The normalized spacial score (nSPS) is 14.9. The Morgan fingerprint density at radius 2 is 1.73 bits per heavy atom. The minimum Gasteiger partial charge on any atom is -0.396 e. The van der Waals surface area contributed by atoms with Crippen LogP contribution in [0.5, 0.6) is 0 Å². The second-order valence-corrected chi connectivity index (χ2v) is 4.09. The molecule has 3 N–H and O–H groups in total. The van der Waals surface area contributed by atoms with E-state index in [1.54, 1.807) is 0 Å². The molecule has 0 saturated carbocycles.